The van der Waals surface area contributed by atoms with Gasteiger partial charge >= 0.3 is 0 Å². The number of para-hydroxylation sites is 1. The number of nitrogens with zero attached hydrogens (tertiary/aromatic N) is 2. The molecule has 0 aliphatic carbocycles. The number of rotatable bonds is 3. The molecule has 1 aromatic rings. The van der Waals surface area contributed by atoms with Crippen molar-refractivity contribution in [2.45, 2.75) is 6.42 Å². The molecule has 0 N–H and O–H groups in total. The molecular formula is C10H8N2O. The smallest absolute Gasteiger partial charge is 0.137 e. The molecule has 1 rings (SSSR count). The van der Waals surface area contributed by atoms with Crippen LogP contribution in [-0.4, -0.2) is 6.61 Å². The maximum Gasteiger partial charge on any atom is 0.137 e. The molecule has 64 valence electrons. The lowest BCUT2D eigenvalue weighted by Crippen LogP contribution is -1.97. The van der Waals surface area contributed by atoms with E-state index in [9.17, 15) is 0 Å². The van der Waals surface area contributed by atoms with E-state index in [0.29, 0.717) is 24.3 Å². The van der Waals surface area contributed by atoms with Crippen LogP contribution in [0.4, 0.5) is 0 Å². The van der Waals surface area contributed by atoms with Crippen LogP contribution < -0.4 is 4.74 Å². The summed E-state index contributed by atoms with van der Waals surface area (Å²) in [5.41, 5.74) is 0.500. The standard InChI is InChI=1S/C10H8N2O/c11-6-3-7-13-10-5-2-1-4-9(10)8-12/h1-2,4-5H,3,7H2. The van der Waals surface area contributed by atoms with Gasteiger partial charge in [-0.2, -0.15) is 10.5 Å². The fraction of sp³-hybridized carbons (Fsp3) is 0.200. The first kappa shape index (κ1) is 9.09. The molecule has 0 aliphatic heterocycles. The largest absolute Gasteiger partial charge is 0.491 e. The zero-order valence-corrected chi connectivity index (χ0v) is 7.03. The van der Waals surface area contributed by atoms with Crippen LogP contribution in [0.3, 0.4) is 0 Å². The summed E-state index contributed by atoms with van der Waals surface area (Å²) in [7, 11) is 0. The van der Waals surface area contributed by atoms with Crippen LogP contribution in [0.15, 0.2) is 24.3 Å². The summed E-state index contributed by atoms with van der Waals surface area (Å²) in [5.74, 6) is 0.542. The Bertz CT molecular complexity index is 360. The van der Waals surface area contributed by atoms with Gasteiger partial charge in [-0.15, -0.1) is 0 Å². The summed E-state index contributed by atoms with van der Waals surface area (Å²) in [6.07, 6.45) is 0.333. The van der Waals surface area contributed by atoms with Gasteiger partial charge in [0.05, 0.1) is 18.1 Å². The molecule has 0 fully saturated rings. The summed E-state index contributed by atoms with van der Waals surface area (Å²) in [4.78, 5) is 0. The highest BCUT2D eigenvalue weighted by molar-refractivity contribution is 5.42. The molecule has 0 saturated carbocycles. The lowest BCUT2D eigenvalue weighted by Gasteiger charge is -2.04. The molecule has 13 heavy (non-hydrogen) atoms. The Labute approximate surface area is 76.8 Å². The molecule has 0 aliphatic rings. The van der Waals surface area contributed by atoms with Crippen LogP contribution in [0.2, 0.25) is 0 Å². The predicted octanol–water partition coefficient (Wildman–Crippen LogP) is 1.85. The van der Waals surface area contributed by atoms with Gasteiger partial charge in [0.1, 0.15) is 18.4 Å². The molecular weight excluding hydrogens is 164 g/mol. The summed E-state index contributed by atoms with van der Waals surface area (Å²) in [6.45, 7) is 0.329. The van der Waals surface area contributed by atoms with Gasteiger partial charge in [0.15, 0.2) is 0 Å². The van der Waals surface area contributed by atoms with Gasteiger partial charge in [0.2, 0.25) is 0 Å². The first-order valence-corrected chi connectivity index (χ1v) is 3.87. The van der Waals surface area contributed by atoms with Crippen LogP contribution in [-0.2, 0) is 0 Å². The fourth-order valence-corrected chi connectivity index (χ4v) is 0.892. The van der Waals surface area contributed by atoms with E-state index in [1.54, 1.807) is 24.3 Å². The van der Waals surface area contributed by atoms with E-state index in [4.69, 9.17) is 15.3 Å². The molecule has 0 aromatic heterocycles. The maximum absolute atomic E-state index is 8.68. The van der Waals surface area contributed by atoms with Crippen LogP contribution in [0.1, 0.15) is 12.0 Å². The Hall–Kier alpha value is -2.00. The van der Waals surface area contributed by atoms with E-state index in [-0.39, 0.29) is 0 Å². The highest BCUT2D eigenvalue weighted by Crippen LogP contribution is 2.16. The Balaban J connectivity index is 2.67. The van der Waals surface area contributed by atoms with Crippen LogP contribution in [0.5, 0.6) is 5.75 Å². The third-order valence-electron chi connectivity index (χ3n) is 1.48. The third-order valence-corrected chi connectivity index (χ3v) is 1.48. The Morgan fingerprint density at radius 3 is 2.69 bits per heavy atom. The average Bonchev–Trinajstić information content (AvgIpc) is 2.19. The van der Waals surface area contributed by atoms with Gasteiger partial charge < -0.3 is 4.74 Å². The Morgan fingerprint density at radius 2 is 2.00 bits per heavy atom. The van der Waals surface area contributed by atoms with Crippen molar-refractivity contribution in [3.8, 4) is 17.9 Å². The van der Waals surface area contributed by atoms with Gasteiger partial charge in [0, 0.05) is 0 Å². The zero-order valence-electron chi connectivity index (χ0n) is 7.03. The highest BCUT2D eigenvalue weighted by Gasteiger charge is 1.99. The monoisotopic (exact) mass is 172 g/mol. The Morgan fingerprint density at radius 1 is 1.23 bits per heavy atom. The van der Waals surface area contributed by atoms with Crippen molar-refractivity contribution in [1.82, 2.24) is 0 Å². The van der Waals surface area contributed by atoms with Gasteiger partial charge in [-0.1, -0.05) is 12.1 Å². The molecule has 3 nitrogen and oxygen atoms in total. The normalized spacial score (nSPS) is 8.46. The van der Waals surface area contributed by atoms with Crippen molar-refractivity contribution in [1.29, 1.82) is 10.5 Å². The lowest BCUT2D eigenvalue weighted by atomic mass is 10.2. The highest BCUT2D eigenvalue weighted by atomic mass is 16.5. The summed E-state index contributed by atoms with van der Waals surface area (Å²) in [6, 6.07) is 11.0. The quantitative estimate of drug-likeness (QED) is 0.654. The summed E-state index contributed by atoms with van der Waals surface area (Å²) >= 11 is 0. The molecule has 0 bridgehead atoms. The van der Waals surface area contributed by atoms with Gasteiger partial charge in [-0.05, 0) is 12.1 Å². The minimum atomic E-state index is 0.329. The van der Waals surface area contributed by atoms with E-state index in [1.165, 1.54) is 0 Å². The average molecular weight is 172 g/mol. The molecule has 0 amide bonds. The minimum Gasteiger partial charge on any atom is -0.491 e. The number of benzene rings is 1. The minimum absolute atomic E-state index is 0.329. The van der Waals surface area contributed by atoms with Crippen LogP contribution >= 0.6 is 0 Å². The second-order valence-corrected chi connectivity index (χ2v) is 2.36. The van der Waals surface area contributed by atoms with Crippen molar-refractivity contribution < 1.29 is 4.74 Å². The van der Waals surface area contributed by atoms with Crippen molar-refractivity contribution in [3.63, 3.8) is 0 Å². The SMILES string of the molecule is N#CCCOc1ccccc1C#N. The lowest BCUT2D eigenvalue weighted by molar-refractivity contribution is 0.325. The Kier molecular flexibility index (Phi) is 3.35. The van der Waals surface area contributed by atoms with Crippen molar-refractivity contribution in [3.05, 3.63) is 29.8 Å². The van der Waals surface area contributed by atoms with E-state index < -0.39 is 0 Å². The molecule has 0 heterocycles. The summed E-state index contributed by atoms with van der Waals surface area (Å²) < 4.78 is 5.22. The molecule has 0 saturated heterocycles. The number of hydrogen-bond donors (Lipinski definition) is 0. The first-order chi connectivity index (χ1) is 6.38. The fourth-order valence-electron chi connectivity index (χ4n) is 0.892. The van der Waals surface area contributed by atoms with E-state index in [1.807, 2.05) is 12.1 Å². The molecule has 0 radical (unpaired) electrons. The molecule has 0 spiro atoms. The number of hydrogen-bond acceptors (Lipinski definition) is 3. The van der Waals surface area contributed by atoms with Gasteiger partial charge in [-0.25, -0.2) is 0 Å². The topological polar surface area (TPSA) is 56.8 Å². The third kappa shape index (κ3) is 2.50. The van der Waals surface area contributed by atoms with E-state index in [2.05, 4.69) is 0 Å². The predicted molar refractivity (Wildman–Crippen MR) is 46.9 cm³/mol. The van der Waals surface area contributed by atoms with Crippen LogP contribution in [0.25, 0.3) is 0 Å². The van der Waals surface area contributed by atoms with E-state index >= 15 is 0 Å². The molecule has 0 atom stereocenters. The second kappa shape index (κ2) is 4.79. The maximum atomic E-state index is 8.68. The van der Waals surface area contributed by atoms with Gasteiger partial charge in [-0.3, -0.25) is 0 Å². The van der Waals surface area contributed by atoms with Gasteiger partial charge in [0.25, 0.3) is 0 Å². The van der Waals surface area contributed by atoms with Crippen molar-refractivity contribution >= 4 is 0 Å². The second-order valence-electron chi connectivity index (χ2n) is 2.36. The first-order valence-electron chi connectivity index (χ1n) is 3.87. The number of nitriles is 2. The van der Waals surface area contributed by atoms with Crippen molar-refractivity contribution in [2.75, 3.05) is 6.61 Å². The molecule has 3 heteroatoms. The van der Waals surface area contributed by atoms with Crippen LogP contribution in [0, 0.1) is 22.7 Å². The molecule has 1 aromatic carbocycles. The summed E-state index contributed by atoms with van der Waals surface area (Å²) in [5, 5.41) is 17.0. The number of ether oxygens (including phenoxy) is 1. The zero-order chi connectivity index (χ0) is 9.52. The van der Waals surface area contributed by atoms with E-state index in [0.717, 1.165) is 0 Å². The van der Waals surface area contributed by atoms with Crippen molar-refractivity contribution in [2.24, 2.45) is 0 Å². The molecule has 0 unspecified atom stereocenters.